The molecule has 0 unspecified atom stereocenters. The normalized spacial score (nSPS) is 12.5. The van der Waals surface area contributed by atoms with Crippen molar-refractivity contribution in [1.82, 2.24) is 9.97 Å². The predicted molar refractivity (Wildman–Crippen MR) is 176 cm³/mol. The summed E-state index contributed by atoms with van der Waals surface area (Å²) < 4.78 is 0. The topological polar surface area (TPSA) is 25.8 Å². The van der Waals surface area contributed by atoms with E-state index in [1.807, 2.05) is 36.9 Å². The Labute approximate surface area is 245 Å². The quantitative estimate of drug-likeness (QED) is 0.225. The van der Waals surface area contributed by atoms with E-state index in [1.165, 1.54) is 54.2 Å². The zero-order chi connectivity index (χ0) is 27.9. The fourth-order valence-electron chi connectivity index (χ4n) is 6.47. The predicted octanol–water partition coefficient (Wildman–Crippen LogP) is 8.81. The third-order valence-corrected chi connectivity index (χ3v) is 8.43. The van der Waals surface area contributed by atoms with Crippen LogP contribution in [0.5, 0.6) is 0 Å². The van der Waals surface area contributed by atoms with Gasteiger partial charge in [0.2, 0.25) is 0 Å². The first kappa shape index (κ1) is 24.5. The molecule has 0 saturated carbocycles. The van der Waals surface area contributed by atoms with Crippen LogP contribution in [0.2, 0.25) is 0 Å². The molecule has 0 radical (unpaired) electrons. The maximum absolute atomic E-state index is 4.54. The van der Waals surface area contributed by atoms with Crippen LogP contribution < -0.4 is 10.4 Å². The summed E-state index contributed by atoms with van der Waals surface area (Å²) in [6.45, 7) is 0. The van der Waals surface area contributed by atoms with Gasteiger partial charge in [-0.1, -0.05) is 91.0 Å². The molecule has 0 amide bonds. The van der Waals surface area contributed by atoms with E-state index < -0.39 is 0 Å². The average Bonchev–Trinajstić information content (AvgIpc) is 3.07. The van der Waals surface area contributed by atoms with Gasteiger partial charge in [0.05, 0.1) is 0 Å². The second-order valence-electron chi connectivity index (χ2n) is 10.9. The van der Waals surface area contributed by atoms with Gasteiger partial charge in [-0.3, -0.25) is 9.97 Å². The van der Waals surface area contributed by atoms with Gasteiger partial charge in [-0.2, -0.15) is 0 Å². The van der Waals surface area contributed by atoms with Crippen molar-refractivity contribution in [3.8, 4) is 44.5 Å². The van der Waals surface area contributed by atoms with Crippen molar-refractivity contribution in [2.24, 2.45) is 0 Å². The number of nitrogens with zero attached hydrogens (tertiary/aromatic N) is 2. The highest BCUT2D eigenvalue weighted by atomic mass is 14.6. The Bertz CT molecular complexity index is 2230. The molecule has 0 fully saturated rings. The van der Waals surface area contributed by atoms with Gasteiger partial charge in [0, 0.05) is 35.9 Å². The summed E-state index contributed by atoms with van der Waals surface area (Å²) in [6.07, 6.45) is 14.5. The van der Waals surface area contributed by atoms with E-state index in [1.54, 1.807) is 0 Å². The molecule has 0 N–H and O–H groups in total. The van der Waals surface area contributed by atoms with Crippen LogP contribution in [-0.4, -0.2) is 9.97 Å². The van der Waals surface area contributed by atoms with Gasteiger partial charge in [0.25, 0.3) is 0 Å². The number of fused-ring (bicyclic) bond motifs is 3. The molecule has 2 heteroatoms. The molecule has 0 atom stereocenters. The molecule has 42 heavy (non-hydrogen) atoms. The van der Waals surface area contributed by atoms with E-state index in [-0.39, 0.29) is 0 Å². The van der Waals surface area contributed by atoms with Gasteiger partial charge < -0.3 is 0 Å². The highest BCUT2D eigenvalue weighted by molar-refractivity contribution is 6.07. The Morgan fingerprint density at radius 1 is 0.405 bits per heavy atom. The smallest absolute Gasteiger partial charge is 0.0346 e. The summed E-state index contributed by atoms with van der Waals surface area (Å²) in [5, 5.41) is 7.78. The summed E-state index contributed by atoms with van der Waals surface area (Å²) in [5.41, 5.74) is 9.69. The molecule has 7 aromatic rings. The zero-order valence-corrected chi connectivity index (χ0v) is 23.2. The second-order valence-corrected chi connectivity index (χ2v) is 10.9. The summed E-state index contributed by atoms with van der Waals surface area (Å²) in [6, 6.07) is 39.7. The van der Waals surface area contributed by atoms with E-state index in [9.17, 15) is 0 Å². The van der Waals surface area contributed by atoms with Crippen LogP contribution >= 0.6 is 0 Å². The first-order valence-corrected chi connectivity index (χ1v) is 14.5. The van der Waals surface area contributed by atoms with Crippen LogP contribution in [-0.2, 0) is 0 Å². The molecule has 0 aliphatic heterocycles. The number of hydrogen-bond acceptors (Lipinski definition) is 2. The van der Waals surface area contributed by atoms with E-state index in [0.29, 0.717) is 0 Å². The first-order chi connectivity index (χ1) is 20.8. The van der Waals surface area contributed by atoms with Gasteiger partial charge in [-0.15, -0.1) is 0 Å². The Morgan fingerprint density at radius 2 is 0.976 bits per heavy atom. The summed E-state index contributed by atoms with van der Waals surface area (Å²) in [4.78, 5) is 8.69. The van der Waals surface area contributed by atoms with Crippen molar-refractivity contribution < 1.29 is 0 Å². The lowest BCUT2D eigenvalue weighted by molar-refractivity contribution is 1.12. The molecule has 0 saturated heterocycles. The molecule has 1 aliphatic rings. The molecule has 0 spiro atoms. The summed E-state index contributed by atoms with van der Waals surface area (Å²) >= 11 is 0. The van der Waals surface area contributed by atoms with E-state index in [0.717, 1.165) is 35.1 Å². The van der Waals surface area contributed by atoms with Crippen molar-refractivity contribution in [3.05, 3.63) is 144 Å². The van der Waals surface area contributed by atoms with Gasteiger partial charge in [0.15, 0.2) is 0 Å². The van der Waals surface area contributed by atoms with Crippen molar-refractivity contribution in [2.75, 3.05) is 0 Å². The molecular formula is C40H28N2. The maximum Gasteiger partial charge on any atom is 0.0346 e. The Hall–Kier alpha value is -5.34. The lowest BCUT2D eigenvalue weighted by atomic mass is 9.86. The number of rotatable bonds is 4. The minimum Gasteiger partial charge on any atom is -0.265 e. The van der Waals surface area contributed by atoms with Crippen molar-refractivity contribution in [2.45, 2.75) is 12.8 Å². The fraction of sp³-hybridized carbons (Fsp3) is 0.0500. The lowest BCUT2D eigenvalue weighted by Crippen LogP contribution is -2.31. The Kier molecular flexibility index (Phi) is 5.97. The van der Waals surface area contributed by atoms with Crippen molar-refractivity contribution in [1.29, 1.82) is 0 Å². The minimum atomic E-state index is 1.07. The van der Waals surface area contributed by atoms with E-state index in [4.69, 9.17) is 0 Å². The molecule has 0 bridgehead atoms. The molecule has 5 aromatic carbocycles. The zero-order valence-electron chi connectivity index (χ0n) is 23.2. The third kappa shape index (κ3) is 4.20. The van der Waals surface area contributed by atoms with Gasteiger partial charge >= 0.3 is 0 Å². The Morgan fingerprint density at radius 3 is 1.67 bits per heavy atom. The largest absolute Gasteiger partial charge is 0.265 e. The van der Waals surface area contributed by atoms with Crippen LogP contribution in [0.25, 0.3) is 78.2 Å². The molecule has 1 aliphatic carbocycles. The molecule has 2 heterocycles. The van der Waals surface area contributed by atoms with Gasteiger partial charge in [-0.25, -0.2) is 0 Å². The second kappa shape index (κ2) is 10.2. The Balaban J connectivity index is 1.28. The number of aromatic nitrogens is 2. The van der Waals surface area contributed by atoms with Crippen LogP contribution in [0.1, 0.15) is 12.8 Å². The number of pyridine rings is 2. The van der Waals surface area contributed by atoms with Crippen LogP contribution in [0.4, 0.5) is 0 Å². The van der Waals surface area contributed by atoms with Gasteiger partial charge in [0.1, 0.15) is 0 Å². The van der Waals surface area contributed by atoms with E-state index >= 15 is 0 Å². The third-order valence-electron chi connectivity index (χ3n) is 8.43. The van der Waals surface area contributed by atoms with Crippen LogP contribution in [0.15, 0.2) is 134 Å². The standard InChI is InChI=1S/C40H28N2/c1-2-8-28(9-3-1)39-35-10-4-6-12-37(35)40(38-13-7-5-11-36(38)39)32-17-16-29-22-31(15-14-30(29)23-32)34-24-33(25-42-26-34)27-18-20-41-21-19-27/h1-4,6,8-26H,5,7H2. The summed E-state index contributed by atoms with van der Waals surface area (Å²) in [7, 11) is 0. The lowest BCUT2D eigenvalue weighted by Gasteiger charge is -2.18. The SMILES string of the molecule is C1=c2c(-c3ccccc3)c3ccccc3c(-c3ccc4cc(-c5cncc(-c6ccncc6)c5)ccc4c3)c2=CCC1. The van der Waals surface area contributed by atoms with E-state index in [2.05, 4.69) is 119 Å². The molecule has 2 aromatic heterocycles. The van der Waals surface area contributed by atoms with Crippen LogP contribution in [0, 0.1) is 0 Å². The molecule has 198 valence electrons. The number of hydrogen-bond donors (Lipinski definition) is 0. The van der Waals surface area contributed by atoms with Crippen molar-refractivity contribution >= 4 is 33.7 Å². The fourth-order valence-corrected chi connectivity index (χ4v) is 6.47. The monoisotopic (exact) mass is 536 g/mol. The van der Waals surface area contributed by atoms with Crippen LogP contribution in [0.3, 0.4) is 0 Å². The molecule has 2 nitrogen and oxygen atoms in total. The highest BCUT2D eigenvalue weighted by Gasteiger charge is 2.16. The number of benzene rings is 5. The van der Waals surface area contributed by atoms with Gasteiger partial charge in [-0.05, 0) is 109 Å². The molecule has 8 rings (SSSR count). The molecular weight excluding hydrogens is 508 g/mol. The van der Waals surface area contributed by atoms with Crippen molar-refractivity contribution in [3.63, 3.8) is 0 Å². The minimum absolute atomic E-state index is 1.07. The highest BCUT2D eigenvalue weighted by Crippen LogP contribution is 2.34. The first-order valence-electron chi connectivity index (χ1n) is 14.5. The summed E-state index contributed by atoms with van der Waals surface area (Å²) in [5.74, 6) is 0. The maximum atomic E-state index is 4.54. The average molecular weight is 537 g/mol.